The van der Waals surface area contributed by atoms with Gasteiger partial charge in [-0.3, -0.25) is 4.79 Å². The van der Waals surface area contributed by atoms with E-state index >= 15 is 0 Å². The molecular weight excluding hydrogens is 154 g/mol. The first kappa shape index (κ1) is 9.52. The lowest BCUT2D eigenvalue weighted by molar-refractivity contribution is -0.148. The predicted octanol–water partition coefficient (Wildman–Crippen LogP) is 1.03. The van der Waals surface area contributed by atoms with Crippen molar-refractivity contribution >= 4 is 5.91 Å². The highest BCUT2D eigenvalue weighted by atomic mass is 16.5. The summed E-state index contributed by atoms with van der Waals surface area (Å²) in [6.45, 7) is 6.11. The third kappa shape index (κ3) is 2.21. The first-order chi connectivity index (χ1) is 5.77. The fourth-order valence-electron chi connectivity index (χ4n) is 1.41. The first-order valence-corrected chi connectivity index (χ1v) is 4.67. The van der Waals surface area contributed by atoms with Gasteiger partial charge in [0.2, 0.25) is 5.91 Å². The molecular formula is C9H17NO2. The number of carbonyl (C=O) groups is 1. The monoisotopic (exact) mass is 171 g/mol. The van der Waals surface area contributed by atoms with Crippen LogP contribution in [-0.2, 0) is 9.53 Å². The number of rotatable bonds is 3. The molecule has 1 aliphatic rings. The largest absolute Gasteiger partial charge is 0.367 e. The normalized spacial score (nSPS) is 24.7. The summed E-state index contributed by atoms with van der Waals surface area (Å²) in [5.41, 5.74) is 0. The Bertz CT molecular complexity index is 159. The Labute approximate surface area is 73.7 Å². The van der Waals surface area contributed by atoms with Gasteiger partial charge in [0.25, 0.3) is 0 Å². The average molecular weight is 171 g/mol. The Morgan fingerprint density at radius 1 is 1.58 bits per heavy atom. The molecule has 1 unspecified atom stereocenters. The molecule has 1 saturated heterocycles. The van der Waals surface area contributed by atoms with E-state index in [1.807, 2.05) is 4.90 Å². The summed E-state index contributed by atoms with van der Waals surface area (Å²) in [6.07, 6.45) is 2.28. The highest BCUT2D eigenvalue weighted by Crippen LogP contribution is 2.09. The third-order valence-electron chi connectivity index (χ3n) is 2.17. The van der Waals surface area contributed by atoms with Gasteiger partial charge in [-0.1, -0.05) is 13.8 Å². The Kier molecular flexibility index (Phi) is 3.53. The van der Waals surface area contributed by atoms with E-state index in [1.165, 1.54) is 0 Å². The van der Waals surface area contributed by atoms with Crippen molar-refractivity contribution in [2.45, 2.75) is 32.8 Å². The van der Waals surface area contributed by atoms with Gasteiger partial charge in [0.05, 0.1) is 6.10 Å². The number of hydrogen-bond donors (Lipinski definition) is 0. The summed E-state index contributed by atoms with van der Waals surface area (Å²) >= 11 is 0. The molecule has 1 atom stereocenters. The molecule has 0 radical (unpaired) electrons. The van der Waals surface area contributed by atoms with E-state index in [1.54, 1.807) is 0 Å². The van der Waals surface area contributed by atoms with Crippen molar-refractivity contribution in [1.29, 1.82) is 0 Å². The van der Waals surface area contributed by atoms with Gasteiger partial charge in [-0.25, -0.2) is 0 Å². The lowest BCUT2D eigenvalue weighted by atomic mass is 10.2. The van der Waals surface area contributed by atoms with Gasteiger partial charge >= 0.3 is 0 Å². The van der Waals surface area contributed by atoms with Gasteiger partial charge in [0.15, 0.2) is 0 Å². The molecule has 0 aromatic carbocycles. The van der Waals surface area contributed by atoms with Gasteiger partial charge in [-0.05, 0) is 12.8 Å². The lowest BCUT2D eigenvalue weighted by Gasteiger charge is -2.31. The van der Waals surface area contributed by atoms with Crippen molar-refractivity contribution in [1.82, 2.24) is 4.90 Å². The van der Waals surface area contributed by atoms with E-state index in [4.69, 9.17) is 4.74 Å². The van der Waals surface area contributed by atoms with Crippen LogP contribution >= 0.6 is 0 Å². The zero-order chi connectivity index (χ0) is 8.97. The van der Waals surface area contributed by atoms with E-state index in [0.717, 1.165) is 25.9 Å². The van der Waals surface area contributed by atoms with Crippen LogP contribution in [0.15, 0.2) is 0 Å². The Morgan fingerprint density at radius 3 is 2.92 bits per heavy atom. The van der Waals surface area contributed by atoms with Gasteiger partial charge in [-0.2, -0.15) is 0 Å². The molecule has 0 spiro atoms. The summed E-state index contributed by atoms with van der Waals surface area (Å²) in [5, 5.41) is 0. The summed E-state index contributed by atoms with van der Waals surface area (Å²) in [4.78, 5) is 13.1. The predicted molar refractivity (Wildman–Crippen MR) is 46.9 cm³/mol. The van der Waals surface area contributed by atoms with Crippen molar-refractivity contribution in [3.8, 4) is 0 Å². The second-order valence-electron chi connectivity index (χ2n) is 3.18. The molecule has 1 aliphatic heterocycles. The molecule has 0 N–H and O–H groups in total. The minimum Gasteiger partial charge on any atom is -0.367 e. The van der Waals surface area contributed by atoms with Gasteiger partial charge < -0.3 is 9.64 Å². The minimum atomic E-state index is 0.140. The summed E-state index contributed by atoms with van der Waals surface area (Å²) in [7, 11) is 0. The van der Waals surface area contributed by atoms with E-state index in [9.17, 15) is 4.79 Å². The molecule has 1 fully saturated rings. The smallest absolute Gasteiger partial charge is 0.248 e. The number of ether oxygens (including phenoxy) is 1. The maximum Gasteiger partial charge on any atom is 0.248 e. The number of hydrogen-bond acceptors (Lipinski definition) is 2. The molecule has 0 saturated carbocycles. The maximum atomic E-state index is 11.2. The van der Waals surface area contributed by atoms with Crippen LogP contribution in [0.4, 0.5) is 0 Å². The van der Waals surface area contributed by atoms with Crippen LogP contribution in [0, 0.1) is 0 Å². The highest BCUT2D eigenvalue weighted by Gasteiger charge is 2.23. The van der Waals surface area contributed by atoms with Crippen LogP contribution in [-0.4, -0.2) is 36.6 Å². The fraction of sp³-hybridized carbons (Fsp3) is 0.889. The van der Waals surface area contributed by atoms with Gasteiger partial charge in [0, 0.05) is 13.1 Å². The Morgan fingerprint density at radius 2 is 2.33 bits per heavy atom. The minimum absolute atomic E-state index is 0.140. The van der Waals surface area contributed by atoms with E-state index < -0.39 is 0 Å². The molecule has 1 amide bonds. The van der Waals surface area contributed by atoms with Crippen molar-refractivity contribution in [2.75, 3.05) is 19.7 Å². The van der Waals surface area contributed by atoms with E-state index in [-0.39, 0.29) is 18.6 Å². The van der Waals surface area contributed by atoms with E-state index in [0.29, 0.717) is 0 Å². The molecule has 70 valence electrons. The van der Waals surface area contributed by atoms with E-state index in [2.05, 4.69) is 13.8 Å². The lowest BCUT2D eigenvalue weighted by Crippen LogP contribution is -2.46. The number of morpholine rings is 1. The Hall–Kier alpha value is -0.570. The zero-order valence-corrected chi connectivity index (χ0v) is 7.88. The summed E-state index contributed by atoms with van der Waals surface area (Å²) in [6, 6.07) is 0. The van der Waals surface area contributed by atoms with Crippen LogP contribution in [0.2, 0.25) is 0 Å². The fourth-order valence-corrected chi connectivity index (χ4v) is 1.41. The van der Waals surface area contributed by atoms with Crippen LogP contribution < -0.4 is 0 Å². The van der Waals surface area contributed by atoms with Crippen molar-refractivity contribution in [3.63, 3.8) is 0 Å². The van der Waals surface area contributed by atoms with Crippen LogP contribution in [0.3, 0.4) is 0 Å². The van der Waals surface area contributed by atoms with Crippen LogP contribution in [0.5, 0.6) is 0 Å². The van der Waals surface area contributed by atoms with Crippen LogP contribution in [0.25, 0.3) is 0 Å². The molecule has 0 aromatic heterocycles. The number of amides is 1. The Balaban J connectivity index is 2.41. The zero-order valence-electron chi connectivity index (χ0n) is 7.88. The molecule has 0 aromatic rings. The first-order valence-electron chi connectivity index (χ1n) is 4.67. The molecule has 3 nitrogen and oxygen atoms in total. The molecule has 1 heterocycles. The van der Waals surface area contributed by atoms with Crippen molar-refractivity contribution < 1.29 is 9.53 Å². The molecule has 12 heavy (non-hydrogen) atoms. The molecule has 0 aliphatic carbocycles. The van der Waals surface area contributed by atoms with Crippen molar-refractivity contribution in [2.24, 2.45) is 0 Å². The maximum absolute atomic E-state index is 11.2. The SMILES string of the molecule is CCCN1CC(CC)OCC1=O. The second-order valence-corrected chi connectivity index (χ2v) is 3.18. The second kappa shape index (κ2) is 4.45. The van der Waals surface area contributed by atoms with Crippen molar-refractivity contribution in [3.05, 3.63) is 0 Å². The van der Waals surface area contributed by atoms with Gasteiger partial charge in [-0.15, -0.1) is 0 Å². The summed E-state index contributed by atoms with van der Waals surface area (Å²) in [5.74, 6) is 0.140. The quantitative estimate of drug-likeness (QED) is 0.635. The number of nitrogens with zero attached hydrogens (tertiary/aromatic N) is 1. The highest BCUT2D eigenvalue weighted by molar-refractivity contribution is 5.78. The number of carbonyl (C=O) groups excluding carboxylic acids is 1. The molecule has 0 bridgehead atoms. The summed E-state index contributed by atoms with van der Waals surface area (Å²) < 4.78 is 5.32. The standard InChI is InChI=1S/C9H17NO2/c1-3-5-10-6-8(4-2)12-7-9(10)11/h8H,3-7H2,1-2H3. The van der Waals surface area contributed by atoms with Gasteiger partial charge in [0.1, 0.15) is 6.61 Å². The average Bonchev–Trinajstić information content (AvgIpc) is 2.09. The molecule has 3 heteroatoms. The van der Waals surface area contributed by atoms with Crippen LogP contribution in [0.1, 0.15) is 26.7 Å². The topological polar surface area (TPSA) is 29.5 Å². The third-order valence-corrected chi connectivity index (χ3v) is 2.17. The molecule has 1 rings (SSSR count).